The SMILES string of the molecule is O=C(NNC(=S)NC(=O)C1CCCCC1)c1ccc(Cl)cc1. The van der Waals surface area contributed by atoms with Crippen LogP contribution in [0.25, 0.3) is 0 Å². The molecule has 0 unspecified atom stereocenters. The van der Waals surface area contributed by atoms with Gasteiger partial charge < -0.3 is 5.32 Å². The average Bonchev–Trinajstić information content (AvgIpc) is 2.54. The van der Waals surface area contributed by atoms with Crippen molar-refractivity contribution in [3.8, 4) is 0 Å². The van der Waals surface area contributed by atoms with E-state index in [0.717, 1.165) is 25.7 Å². The van der Waals surface area contributed by atoms with Crippen LogP contribution < -0.4 is 16.2 Å². The molecule has 1 aromatic rings. The van der Waals surface area contributed by atoms with Crippen LogP contribution in [0.15, 0.2) is 24.3 Å². The Morgan fingerprint density at radius 3 is 2.32 bits per heavy atom. The van der Waals surface area contributed by atoms with Gasteiger partial charge in [-0.3, -0.25) is 20.4 Å². The molecule has 5 nitrogen and oxygen atoms in total. The lowest BCUT2D eigenvalue weighted by atomic mass is 9.89. The molecular weight excluding hydrogens is 322 g/mol. The number of hydrazine groups is 1. The Morgan fingerprint density at radius 1 is 1.05 bits per heavy atom. The van der Waals surface area contributed by atoms with E-state index in [0.29, 0.717) is 10.6 Å². The first kappa shape index (κ1) is 16.7. The number of hydrogen-bond acceptors (Lipinski definition) is 3. The molecule has 0 radical (unpaired) electrons. The molecule has 0 bridgehead atoms. The summed E-state index contributed by atoms with van der Waals surface area (Å²) in [4.78, 5) is 23.9. The summed E-state index contributed by atoms with van der Waals surface area (Å²) in [5.74, 6) is -0.427. The second-order valence-electron chi connectivity index (χ2n) is 5.24. The normalized spacial score (nSPS) is 15.0. The Bertz CT molecular complexity index is 556. The lowest BCUT2D eigenvalue weighted by Crippen LogP contribution is -2.49. The fourth-order valence-corrected chi connectivity index (χ4v) is 2.67. The van der Waals surface area contributed by atoms with Crippen molar-refractivity contribution in [1.29, 1.82) is 0 Å². The molecule has 0 heterocycles. The first-order chi connectivity index (χ1) is 10.6. The van der Waals surface area contributed by atoms with Gasteiger partial charge in [0.1, 0.15) is 0 Å². The average molecular weight is 340 g/mol. The lowest BCUT2D eigenvalue weighted by Gasteiger charge is -2.21. The maximum absolute atomic E-state index is 12.0. The minimum atomic E-state index is -0.356. The molecule has 0 aliphatic heterocycles. The fourth-order valence-electron chi connectivity index (χ4n) is 2.40. The van der Waals surface area contributed by atoms with E-state index in [1.54, 1.807) is 24.3 Å². The molecule has 0 atom stereocenters. The molecule has 1 saturated carbocycles. The molecule has 3 N–H and O–H groups in total. The largest absolute Gasteiger partial charge is 0.302 e. The van der Waals surface area contributed by atoms with Gasteiger partial charge in [0.2, 0.25) is 5.91 Å². The van der Waals surface area contributed by atoms with E-state index < -0.39 is 0 Å². The maximum Gasteiger partial charge on any atom is 0.269 e. The number of carbonyl (C=O) groups is 2. The number of carbonyl (C=O) groups excluding carboxylic acids is 2. The highest BCUT2D eigenvalue weighted by molar-refractivity contribution is 7.80. The van der Waals surface area contributed by atoms with Crippen molar-refractivity contribution in [2.45, 2.75) is 32.1 Å². The quantitative estimate of drug-likeness (QED) is 0.572. The molecule has 2 rings (SSSR count). The van der Waals surface area contributed by atoms with Crippen LogP contribution in [0.2, 0.25) is 5.02 Å². The van der Waals surface area contributed by atoms with Crippen molar-refractivity contribution in [1.82, 2.24) is 16.2 Å². The zero-order chi connectivity index (χ0) is 15.9. The van der Waals surface area contributed by atoms with Crippen LogP contribution in [-0.2, 0) is 4.79 Å². The second-order valence-corrected chi connectivity index (χ2v) is 6.08. The third-order valence-corrected chi connectivity index (χ3v) is 4.06. The maximum atomic E-state index is 12.0. The predicted molar refractivity (Wildman–Crippen MR) is 89.4 cm³/mol. The van der Waals surface area contributed by atoms with E-state index in [1.807, 2.05) is 0 Å². The molecule has 1 fully saturated rings. The summed E-state index contributed by atoms with van der Waals surface area (Å²) in [6.07, 6.45) is 5.12. The monoisotopic (exact) mass is 339 g/mol. The van der Waals surface area contributed by atoms with Crippen LogP contribution in [0.3, 0.4) is 0 Å². The number of amides is 2. The predicted octanol–water partition coefficient (Wildman–Crippen LogP) is 2.56. The van der Waals surface area contributed by atoms with Crippen LogP contribution in [0.1, 0.15) is 42.5 Å². The highest BCUT2D eigenvalue weighted by atomic mass is 35.5. The van der Waals surface area contributed by atoms with E-state index in [9.17, 15) is 9.59 Å². The topological polar surface area (TPSA) is 70.2 Å². The van der Waals surface area contributed by atoms with Gasteiger partial charge >= 0.3 is 0 Å². The van der Waals surface area contributed by atoms with E-state index in [2.05, 4.69) is 16.2 Å². The van der Waals surface area contributed by atoms with Crippen LogP contribution in [0.5, 0.6) is 0 Å². The first-order valence-corrected chi connectivity index (χ1v) is 8.01. The Labute approximate surface area is 139 Å². The fraction of sp³-hybridized carbons (Fsp3) is 0.400. The standard InChI is InChI=1S/C15H18ClN3O2S/c16-12-8-6-11(7-9-12)14(21)18-19-15(22)17-13(20)10-4-2-1-3-5-10/h6-10H,1-5H2,(H,18,21)(H2,17,19,20,22). The van der Waals surface area contributed by atoms with E-state index in [1.165, 1.54) is 6.42 Å². The van der Waals surface area contributed by atoms with Gasteiger partial charge in [-0.2, -0.15) is 0 Å². The summed E-state index contributed by atoms with van der Waals surface area (Å²) in [5, 5.41) is 3.26. The van der Waals surface area contributed by atoms with Gasteiger partial charge in [0.05, 0.1) is 0 Å². The van der Waals surface area contributed by atoms with Crippen molar-refractivity contribution in [3.63, 3.8) is 0 Å². The minimum Gasteiger partial charge on any atom is -0.302 e. The van der Waals surface area contributed by atoms with Gasteiger partial charge in [-0.25, -0.2) is 0 Å². The van der Waals surface area contributed by atoms with Crippen LogP contribution >= 0.6 is 23.8 Å². The molecule has 22 heavy (non-hydrogen) atoms. The number of hydrogen-bond donors (Lipinski definition) is 3. The van der Waals surface area contributed by atoms with Gasteiger partial charge in [0.15, 0.2) is 5.11 Å². The third-order valence-electron chi connectivity index (χ3n) is 3.61. The zero-order valence-electron chi connectivity index (χ0n) is 12.0. The van der Waals surface area contributed by atoms with E-state index >= 15 is 0 Å². The van der Waals surface area contributed by atoms with Gasteiger partial charge in [-0.15, -0.1) is 0 Å². The van der Waals surface area contributed by atoms with Gasteiger partial charge in [-0.05, 0) is 49.3 Å². The molecule has 1 aliphatic carbocycles. The molecule has 1 aromatic carbocycles. The third kappa shape index (κ3) is 4.96. The number of rotatable bonds is 2. The number of benzene rings is 1. The van der Waals surface area contributed by atoms with E-state index in [4.69, 9.17) is 23.8 Å². The van der Waals surface area contributed by atoms with Crippen molar-refractivity contribution < 1.29 is 9.59 Å². The molecule has 118 valence electrons. The number of halogens is 1. The Balaban J connectivity index is 1.76. The molecule has 0 saturated heterocycles. The Kier molecular flexibility index (Phi) is 6.15. The summed E-state index contributed by atoms with van der Waals surface area (Å²) in [7, 11) is 0. The number of nitrogens with one attached hydrogen (secondary N) is 3. The molecule has 1 aliphatic rings. The summed E-state index contributed by atoms with van der Waals surface area (Å²) in [5.41, 5.74) is 5.41. The summed E-state index contributed by atoms with van der Waals surface area (Å²) in [6.45, 7) is 0. The highest BCUT2D eigenvalue weighted by Crippen LogP contribution is 2.23. The molecular formula is C15H18ClN3O2S. The van der Waals surface area contributed by atoms with Crippen LogP contribution in [0.4, 0.5) is 0 Å². The Hall–Kier alpha value is -1.66. The van der Waals surface area contributed by atoms with Crippen LogP contribution in [0, 0.1) is 5.92 Å². The summed E-state index contributed by atoms with van der Waals surface area (Å²) >= 11 is 10.8. The van der Waals surface area contributed by atoms with Crippen LogP contribution in [-0.4, -0.2) is 16.9 Å². The van der Waals surface area contributed by atoms with Gasteiger partial charge in [-0.1, -0.05) is 30.9 Å². The van der Waals surface area contributed by atoms with Crippen molar-refractivity contribution in [2.24, 2.45) is 5.92 Å². The minimum absolute atomic E-state index is 0.0143. The van der Waals surface area contributed by atoms with Crippen molar-refractivity contribution in [2.75, 3.05) is 0 Å². The molecule has 0 spiro atoms. The highest BCUT2D eigenvalue weighted by Gasteiger charge is 2.21. The van der Waals surface area contributed by atoms with Gasteiger partial charge in [0, 0.05) is 16.5 Å². The summed E-state index contributed by atoms with van der Waals surface area (Å²) < 4.78 is 0. The number of thiocarbonyl (C=S) groups is 1. The second kappa shape index (κ2) is 8.10. The first-order valence-electron chi connectivity index (χ1n) is 7.23. The molecule has 2 amide bonds. The summed E-state index contributed by atoms with van der Waals surface area (Å²) in [6, 6.07) is 6.45. The van der Waals surface area contributed by atoms with Gasteiger partial charge in [0.25, 0.3) is 5.91 Å². The lowest BCUT2D eigenvalue weighted by molar-refractivity contribution is -0.124. The van der Waals surface area contributed by atoms with E-state index in [-0.39, 0.29) is 22.8 Å². The van der Waals surface area contributed by atoms with Crippen molar-refractivity contribution in [3.05, 3.63) is 34.9 Å². The molecule has 7 heteroatoms. The Morgan fingerprint density at radius 2 is 1.68 bits per heavy atom. The van der Waals surface area contributed by atoms with Crippen molar-refractivity contribution >= 4 is 40.7 Å². The zero-order valence-corrected chi connectivity index (χ0v) is 13.6. The molecule has 0 aromatic heterocycles. The smallest absolute Gasteiger partial charge is 0.269 e.